The van der Waals surface area contributed by atoms with Gasteiger partial charge in [-0.15, -0.1) is 0 Å². The van der Waals surface area contributed by atoms with Crippen molar-refractivity contribution in [1.29, 1.82) is 0 Å². The molecule has 2 fully saturated rings. The quantitative estimate of drug-likeness (QED) is 0.453. The van der Waals surface area contributed by atoms with Crippen LogP contribution in [0.15, 0.2) is 18.2 Å². The van der Waals surface area contributed by atoms with E-state index < -0.39 is 0 Å². The van der Waals surface area contributed by atoms with Crippen molar-refractivity contribution in [3.05, 3.63) is 29.3 Å². The molecular weight excluding hydrogens is 398 g/mol. The minimum absolute atomic E-state index is 0.0582. The number of hydrogen-bond donors (Lipinski definition) is 3. The molecule has 0 aromatic heterocycles. The zero-order valence-electron chi connectivity index (χ0n) is 17.6. The lowest BCUT2D eigenvalue weighted by molar-refractivity contribution is -0.132. The second-order valence-electron chi connectivity index (χ2n) is 8.45. The Labute approximate surface area is 181 Å². The molecule has 0 radical (unpaired) electrons. The van der Waals surface area contributed by atoms with Gasteiger partial charge in [0.05, 0.1) is 17.2 Å². The third-order valence-corrected chi connectivity index (χ3v) is 6.33. The largest absolute Gasteiger partial charge is 0.384 e. The first-order valence-electron chi connectivity index (χ1n) is 11.0. The highest BCUT2D eigenvalue weighted by molar-refractivity contribution is 6.24. The van der Waals surface area contributed by atoms with E-state index in [1.807, 2.05) is 4.90 Å². The second-order valence-corrected chi connectivity index (χ2v) is 8.45. The van der Waals surface area contributed by atoms with E-state index in [0.717, 1.165) is 12.8 Å². The molecule has 3 heterocycles. The summed E-state index contributed by atoms with van der Waals surface area (Å²) in [7, 11) is 0. The first kappa shape index (κ1) is 21.3. The standard InChI is InChI=1S/C22H29N5O4/c23-14-8-11-26(12-9-14)19(29)5-2-10-24-17-4-1-3-16-20(17)22(31)27(21(16)30)15-6-7-18(28)25-13-15/h1,3-4,14-15,24H,2,5-13,23H2,(H,25,28). The maximum atomic E-state index is 13.1. The summed E-state index contributed by atoms with van der Waals surface area (Å²) in [6.07, 6.45) is 3.53. The van der Waals surface area contributed by atoms with Gasteiger partial charge in [0.2, 0.25) is 11.8 Å². The van der Waals surface area contributed by atoms with Crippen LogP contribution in [0.5, 0.6) is 0 Å². The van der Waals surface area contributed by atoms with Gasteiger partial charge in [-0.2, -0.15) is 0 Å². The zero-order chi connectivity index (χ0) is 22.0. The van der Waals surface area contributed by atoms with Crippen LogP contribution in [0.3, 0.4) is 0 Å². The van der Waals surface area contributed by atoms with Gasteiger partial charge < -0.3 is 21.3 Å². The van der Waals surface area contributed by atoms with Gasteiger partial charge in [0, 0.05) is 50.7 Å². The SMILES string of the molecule is NC1CCN(C(=O)CCCNc2cccc3c2C(=O)N(C2CCC(=O)NC2)C3=O)CC1. The summed E-state index contributed by atoms with van der Waals surface area (Å²) >= 11 is 0. The van der Waals surface area contributed by atoms with Crippen molar-refractivity contribution in [2.45, 2.75) is 50.6 Å². The molecule has 1 aromatic rings. The van der Waals surface area contributed by atoms with Crippen LogP contribution in [0.2, 0.25) is 0 Å². The lowest BCUT2D eigenvalue weighted by Crippen LogP contribution is -2.50. The average molecular weight is 428 g/mol. The molecule has 166 valence electrons. The molecule has 1 atom stereocenters. The molecule has 0 spiro atoms. The summed E-state index contributed by atoms with van der Waals surface area (Å²) < 4.78 is 0. The number of piperidine rings is 2. The fourth-order valence-electron chi connectivity index (χ4n) is 4.49. The molecule has 9 heteroatoms. The third kappa shape index (κ3) is 4.41. The Kier molecular flexibility index (Phi) is 6.22. The van der Waals surface area contributed by atoms with Crippen LogP contribution in [-0.2, 0) is 9.59 Å². The molecule has 4 amide bonds. The molecule has 3 aliphatic heterocycles. The highest BCUT2D eigenvalue weighted by Crippen LogP contribution is 2.32. The number of amides is 4. The second kappa shape index (κ2) is 9.05. The van der Waals surface area contributed by atoms with Crippen LogP contribution in [0.25, 0.3) is 0 Å². The van der Waals surface area contributed by atoms with Crippen molar-refractivity contribution in [2.75, 3.05) is 31.5 Å². The number of carbonyl (C=O) groups is 4. The minimum Gasteiger partial charge on any atom is -0.384 e. The summed E-state index contributed by atoms with van der Waals surface area (Å²) in [5, 5.41) is 5.96. The summed E-state index contributed by atoms with van der Waals surface area (Å²) in [6.45, 7) is 2.24. The number of hydrogen-bond acceptors (Lipinski definition) is 6. The van der Waals surface area contributed by atoms with Crippen LogP contribution >= 0.6 is 0 Å². The summed E-state index contributed by atoms with van der Waals surface area (Å²) in [5.74, 6) is -0.575. The van der Waals surface area contributed by atoms with Crippen LogP contribution < -0.4 is 16.4 Å². The molecule has 1 unspecified atom stereocenters. The summed E-state index contributed by atoms with van der Waals surface area (Å²) in [6, 6.07) is 5.06. The van der Waals surface area contributed by atoms with E-state index in [4.69, 9.17) is 5.73 Å². The first-order chi connectivity index (χ1) is 15.0. The number of benzene rings is 1. The highest BCUT2D eigenvalue weighted by atomic mass is 16.2. The predicted octanol–water partition coefficient (Wildman–Crippen LogP) is 0.703. The number of likely N-dealkylation sites (tertiary alicyclic amines) is 1. The van der Waals surface area contributed by atoms with Crippen LogP contribution in [0.4, 0.5) is 5.69 Å². The zero-order valence-corrected chi connectivity index (χ0v) is 17.6. The maximum Gasteiger partial charge on any atom is 0.263 e. The lowest BCUT2D eigenvalue weighted by Gasteiger charge is -2.30. The van der Waals surface area contributed by atoms with E-state index in [9.17, 15) is 19.2 Å². The normalized spacial score (nSPS) is 21.8. The average Bonchev–Trinajstić information content (AvgIpc) is 3.03. The van der Waals surface area contributed by atoms with Gasteiger partial charge in [-0.1, -0.05) is 6.07 Å². The van der Waals surface area contributed by atoms with Crippen LogP contribution in [-0.4, -0.2) is 71.7 Å². The molecule has 31 heavy (non-hydrogen) atoms. The van der Waals surface area contributed by atoms with Crippen molar-refractivity contribution in [3.8, 4) is 0 Å². The number of nitrogens with one attached hydrogen (secondary N) is 2. The number of anilines is 1. The molecule has 0 saturated carbocycles. The van der Waals surface area contributed by atoms with Crippen molar-refractivity contribution < 1.29 is 19.2 Å². The van der Waals surface area contributed by atoms with E-state index in [1.165, 1.54) is 4.90 Å². The number of nitrogens with two attached hydrogens (primary N) is 1. The molecule has 0 bridgehead atoms. The minimum atomic E-state index is -0.329. The van der Waals surface area contributed by atoms with Gasteiger partial charge >= 0.3 is 0 Å². The smallest absolute Gasteiger partial charge is 0.263 e. The van der Waals surface area contributed by atoms with Crippen LogP contribution in [0, 0.1) is 0 Å². The summed E-state index contributed by atoms with van der Waals surface area (Å²) in [5.41, 5.74) is 7.25. The molecule has 4 N–H and O–H groups in total. The molecule has 9 nitrogen and oxygen atoms in total. The van der Waals surface area contributed by atoms with Gasteiger partial charge in [0.25, 0.3) is 11.8 Å². The Balaban J connectivity index is 1.34. The number of rotatable bonds is 6. The molecule has 2 saturated heterocycles. The Hall–Kier alpha value is -2.94. The Morgan fingerprint density at radius 2 is 1.90 bits per heavy atom. The molecule has 1 aromatic carbocycles. The molecule has 4 rings (SSSR count). The van der Waals surface area contributed by atoms with Gasteiger partial charge in [-0.25, -0.2) is 0 Å². The van der Waals surface area contributed by atoms with Crippen molar-refractivity contribution >= 4 is 29.3 Å². The molecular formula is C22H29N5O4. The van der Waals surface area contributed by atoms with E-state index in [0.29, 0.717) is 62.1 Å². The van der Waals surface area contributed by atoms with Gasteiger partial charge in [0.15, 0.2) is 0 Å². The topological polar surface area (TPSA) is 125 Å². The van der Waals surface area contributed by atoms with Crippen molar-refractivity contribution in [3.63, 3.8) is 0 Å². The Morgan fingerprint density at radius 3 is 2.61 bits per heavy atom. The van der Waals surface area contributed by atoms with E-state index in [2.05, 4.69) is 10.6 Å². The fourth-order valence-corrected chi connectivity index (χ4v) is 4.49. The Morgan fingerprint density at radius 1 is 1.13 bits per heavy atom. The van der Waals surface area contributed by atoms with E-state index in [-0.39, 0.29) is 42.3 Å². The van der Waals surface area contributed by atoms with Gasteiger partial charge in [-0.05, 0) is 37.8 Å². The number of imide groups is 1. The maximum absolute atomic E-state index is 13.1. The van der Waals surface area contributed by atoms with Crippen LogP contribution in [0.1, 0.15) is 59.2 Å². The summed E-state index contributed by atoms with van der Waals surface area (Å²) in [4.78, 5) is 52.9. The number of carbonyl (C=O) groups excluding carboxylic acids is 4. The van der Waals surface area contributed by atoms with Gasteiger partial charge in [0.1, 0.15) is 0 Å². The van der Waals surface area contributed by atoms with Gasteiger partial charge in [-0.3, -0.25) is 24.1 Å². The number of nitrogens with zero attached hydrogens (tertiary/aromatic N) is 2. The molecule has 0 aliphatic carbocycles. The lowest BCUT2D eigenvalue weighted by atomic mass is 10.1. The monoisotopic (exact) mass is 427 g/mol. The number of fused-ring (bicyclic) bond motifs is 1. The third-order valence-electron chi connectivity index (χ3n) is 6.33. The highest BCUT2D eigenvalue weighted by Gasteiger charge is 2.42. The predicted molar refractivity (Wildman–Crippen MR) is 114 cm³/mol. The van der Waals surface area contributed by atoms with E-state index >= 15 is 0 Å². The first-order valence-corrected chi connectivity index (χ1v) is 11.0. The van der Waals surface area contributed by atoms with E-state index in [1.54, 1.807) is 18.2 Å². The fraction of sp³-hybridized carbons (Fsp3) is 0.545. The van der Waals surface area contributed by atoms with Crippen molar-refractivity contribution in [1.82, 2.24) is 15.1 Å². The van der Waals surface area contributed by atoms with Crippen molar-refractivity contribution in [2.24, 2.45) is 5.73 Å². The molecule has 3 aliphatic rings. The Bertz CT molecular complexity index is 884.